The lowest BCUT2D eigenvalue weighted by Gasteiger charge is -2.03. The smallest absolute Gasteiger partial charge is 0.375 e. The lowest BCUT2D eigenvalue weighted by molar-refractivity contribution is 0.0520. The van der Waals surface area contributed by atoms with E-state index in [1.165, 1.54) is 16.9 Å². The van der Waals surface area contributed by atoms with Crippen LogP contribution in [-0.2, 0) is 4.84 Å². The zero-order valence-corrected chi connectivity index (χ0v) is 13.3. The highest BCUT2D eigenvalue weighted by Crippen LogP contribution is 2.48. The van der Waals surface area contributed by atoms with Crippen LogP contribution in [-0.4, -0.2) is 18.8 Å². The minimum atomic E-state index is -0.393. The Hall–Kier alpha value is -2.14. The summed E-state index contributed by atoms with van der Waals surface area (Å²) in [5.74, 6) is 1.27. The fourth-order valence-electron chi connectivity index (χ4n) is 2.50. The molecule has 1 aromatic heterocycles. The number of benzene rings is 1. The molecule has 0 unspecified atom stereocenters. The van der Waals surface area contributed by atoms with Crippen LogP contribution < -0.4 is 4.74 Å². The molecule has 0 bridgehead atoms. The van der Waals surface area contributed by atoms with E-state index in [1.54, 1.807) is 13.2 Å². The third-order valence-electron chi connectivity index (χ3n) is 3.87. The number of rotatable bonds is 5. The number of carbonyl (C=O) groups excluding carboxylic acids is 1. The second kappa shape index (κ2) is 6.32. The van der Waals surface area contributed by atoms with Crippen molar-refractivity contribution in [3.63, 3.8) is 0 Å². The van der Waals surface area contributed by atoms with Gasteiger partial charge in [-0.05, 0) is 48.4 Å². The SMILES string of the molecule is COc1ccc([C@@H]2C[C@@H]2/C(C)=N\OC(=O)c2cccs2)cc1. The van der Waals surface area contributed by atoms with Gasteiger partial charge < -0.3 is 9.57 Å². The van der Waals surface area contributed by atoms with E-state index in [9.17, 15) is 4.79 Å². The third-order valence-corrected chi connectivity index (χ3v) is 4.72. The zero-order valence-electron chi connectivity index (χ0n) is 12.5. The second-order valence-corrected chi connectivity index (χ2v) is 6.26. The van der Waals surface area contributed by atoms with E-state index in [0.717, 1.165) is 17.9 Å². The molecule has 0 amide bonds. The average molecular weight is 315 g/mol. The lowest BCUT2D eigenvalue weighted by atomic mass is 10.1. The molecule has 1 aliphatic carbocycles. The van der Waals surface area contributed by atoms with E-state index in [-0.39, 0.29) is 0 Å². The van der Waals surface area contributed by atoms with Crippen LogP contribution >= 0.6 is 11.3 Å². The van der Waals surface area contributed by atoms with Gasteiger partial charge in [0.15, 0.2) is 0 Å². The minimum absolute atomic E-state index is 0.351. The number of hydrogen-bond donors (Lipinski definition) is 0. The number of hydrogen-bond acceptors (Lipinski definition) is 5. The summed E-state index contributed by atoms with van der Waals surface area (Å²) in [7, 11) is 1.66. The van der Waals surface area contributed by atoms with Gasteiger partial charge in [-0.2, -0.15) is 0 Å². The van der Waals surface area contributed by atoms with Crippen molar-refractivity contribution in [3.05, 3.63) is 52.2 Å². The number of methoxy groups -OCH3 is 1. The van der Waals surface area contributed by atoms with Crippen LogP contribution in [0.15, 0.2) is 46.9 Å². The van der Waals surface area contributed by atoms with Crippen molar-refractivity contribution in [2.24, 2.45) is 11.1 Å². The summed E-state index contributed by atoms with van der Waals surface area (Å²) >= 11 is 1.35. The standard InChI is InChI=1S/C17H17NO3S/c1-11(18-21-17(19)16-4-3-9-22-16)14-10-15(14)12-5-7-13(20-2)8-6-12/h3-9,14-15H,10H2,1-2H3/b18-11-/t14-,15+/m1/s1. The molecule has 1 heterocycles. The maximum Gasteiger partial charge on any atom is 0.375 e. The topological polar surface area (TPSA) is 47.9 Å². The van der Waals surface area contributed by atoms with Crippen LogP contribution in [0, 0.1) is 5.92 Å². The van der Waals surface area contributed by atoms with E-state index in [0.29, 0.717) is 16.7 Å². The molecule has 5 heteroatoms. The number of thiophene rings is 1. The highest BCUT2D eigenvalue weighted by Gasteiger charge is 2.40. The first-order valence-corrected chi connectivity index (χ1v) is 8.00. The van der Waals surface area contributed by atoms with Gasteiger partial charge in [-0.3, -0.25) is 0 Å². The molecule has 1 saturated carbocycles. The van der Waals surface area contributed by atoms with Gasteiger partial charge in [0, 0.05) is 5.92 Å². The second-order valence-electron chi connectivity index (χ2n) is 5.31. The molecule has 1 aromatic carbocycles. The molecule has 0 saturated heterocycles. The molecule has 4 nitrogen and oxygen atoms in total. The average Bonchev–Trinajstić information content (AvgIpc) is 3.17. The van der Waals surface area contributed by atoms with Crippen LogP contribution in [0.1, 0.15) is 34.5 Å². The Balaban J connectivity index is 1.58. The Bertz CT molecular complexity index is 676. The highest BCUT2D eigenvalue weighted by molar-refractivity contribution is 7.11. The van der Waals surface area contributed by atoms with E-state index >= 15 is 0 Å². The van der Waals surface area contributed by atoms with E-state index in [4.69, 9.17) is 9.57 Å². The van der Waals surface area contributed by atoms with E-state index in [2.05, 4.69) is 17.3 Å². The molecule has 0 radical (unpaired) electrons. The fourth-order valence-corrected chi connectivity index (χ4v) is 3.09. The largest absolute Gasteiger partial charge is 0.497 e. The molecule has 0 aliphatic heterocycles. The molecular formula is C17H17NO3S. The molecule has 2 aromatic rings. The van der Waals surface area contributed by atoms with Crippen molar-refractivity contribution in [1.82, 2.24) is 0 Å². The maximum absolute atomic E-state index is 11.7. The van der Waals surface area contributed by atoms with Crippen molar-refractivity contribution >= 4 is 23.0 Å². The van der Waals surface area contributed by atoms with Crippen molar-refractivity contribution in [1.29, 1.82) is 0 Å². The normalized spacial score (nSPS) is 20.5. The van der Waals surface area contributed by atoms with Crippen molar-refractivity contribution in [3.8, 4) is 5.75 Å². The summed E-state index contributed by atoms with van der Waals surface area (Å²) in [5.41, 5.74) is 2.13. The van der Waals surface area contributed by atoms with Gasteiger partial charge in [0.1, 0.15) is 10.6 Å². The number of nitrogens with zero attached hydrogens (tertiary/aromatic N) is 1. The monoisotopic (exact) mass is 315 g/mol. The van der Waals surface area contributed by atoms with Gasteiger partial charge in [0.05, 0.1) is 12.8 Å². The molecule has 0 N–H and O–H groups in total. The number of ether oxygens (including phenoxy) is 1. The summed E-state index contributed by atoms with van der Waals surface area (Å²) in [4.78, 5) is 17.3. The van der Waals surface area contributed by atoms with Crippen LogP contribution in [0.5, 0.6) is 5.75 Å². The molecule has 2 atom stereocenters. The van der Waals surface area contributed by atoms with Gasteiger partial charge >= 0.3 is 5.97 Å². The predicted octanol–water partition coefficient (Wildman–Crippen LogP) is 4.09. The fraction of sp³-hybridized carbons (Fsp3) is 0.294. The van der Waals surface area contributed by atoms with E-state index in [1.807, 2.05) is 30.5 Å². The summed E-state index contributed by atoms with van der Waals surface area (Å²) in [6.45, 7) is 1.91. The first-order valence-electron chi connectivity index (χ1n) is 7.12. The van der Waals surface area contributed by atoms with Crippen molar-refractivity contribution in [2.45, 2.75) is 19.3 Å². The first-order chi connectivity index (χ1) is 10.7. The zero-order chi connectivity index (χ0) is 15.5. The van der Waals surface area contributed by atoms with Crippen molar-refractivity contribution < 1.29 is 14.4 Å². The van der Waals surface area contributed by atoms with Gasteiger partial charge in [-0.25, -0.2) is 4.79 Å². The summed E-state index contributed by atoms with van der Waals surface area (Å²) < 4.78 is 5.16. The third kappa shape index (κ3) is 3.20. The first kappa shape index (κ1) is 14.8. The Labute approximate surface area is 133 Å². The van der Waals surface area contributed by atoms with Gasteiger partial charge in [0.2, 0.25) is 0 Å². The minimum Gasteiger partial charge on any atom is -0.497 e. The Morgan fingerprint density at radius 1 is 1.27 bits per heavy atom. The summed E-state index contributed by atoms with van der Waals surface area (Å²) in [5, 5.41) is 5.84. The Morgan fingerprint density at radius 3 is 2.68 bits per heavy atom. The number of oxime groups is 1. The molecule has 1 fully saturated rings. The molecule has 1 aliphatic rings. The van der Waals surface area contributed by atoms with Crippen LogP contribution in [0.3, 0.4) is 0 Å². The van der Waals surface area contributed by atoms with Crippen LogP contribution in [0.25, 0.3) is 0 Å². The molecule has 0 spiro atoms. The quantitative estimate of drug-likeness (QED) is 0.474. The lowest BCUT2D eigenvalue weighted by Crippen LogP contribution is -2.03. The molecule has 114 valence electrons. The predicted molar refractivity (Wildman–Crippen MR) is 86.7 cm³/mol. The van der Waals surface area contributed by atoms with Crippen molar-refractivity contribution in [2.75, 3.05) is 7.11 Å². The van der Waals surface area contributed by atoms with Gasteiger partial charge in [0.25, 0.3) is 0 Å². The summed E-state index contributed by atoms with van der Waals surface area (Å²) in [6, 6.07) is 11.6. The highest BCUT2D eigenvalue weighted by atomic mass is 32.1. The molecular weight excluding hydrogens is 298 g/mol. The summed E-state index contributed by atoms with van der Waals surface area (Å²) in [6.07, 6.45) is 1.04. The van der Waals surface area contributed by atoms with E-state index < -0.39 is 5.97 Å². The van der Waals surface area contributed by atoms with Gasteiger partial charge in [-0.1, -0.05) is 23.4 Å². The molecule has 3 rings (SSSR count). The van der Waals surface area contributed by atoms with Crippen LogP contribution in [0.4, 0.5) is 0 Å². The van der Waals surface area contributed by atoms with Gasteiger partial charge in [-0.15, -0.1) is 11.3 Å². The maximum atomic E-state index is 11.7. The Morgan fingerprint density at radius 2 is 2.05 bits per heavy atom. The van der Waals surface area contributed by atoms with Crippen LogP contribution in [0.2, 0.25) is 0 Å². The molecule has 22 heavy (non-hydrogen) atoms. The number of carbonyl (C=O) groups is 1. The Kier molecular flexibility index (Phi) is 4.24.